The van der Waals surface area contributed by atoms with Crippen LogP contribution in [-0.4, -0.2) is 43.7 Å². The summed E-state index contributed by atoms with van der Waals surface area (Å²) >= 11 is 0. The van der Waals surface area contributed by atoms with Crippen molar-refractivity contribution in [1.29, 1.82) is 0 Å². The summed E-state index contributed by atoms with van der Waals surface area (Å²) in [6, 6.07) is 3.65. The van der Waals surface area contributed by atoms with Crippen LogP contribution in [0.3, 0.4) is 0 Å². The Morgan fingerprint density at radius 1 is 1.08 bits per heavy atom. The smallest absolute Gasteiger partial charge is 0.251 e. The van der Waals surface area contributed by atoms with E-state index < -0.39 is 5.92 Å². The molecule has 0 amide bonds. The van der Waals surface area contributed by atoms with Crippen molar-refractivity contribution in [1.82, 2.24) is 24.7 Å². The predicted molar refractivity (Wildman–Crippen MR) is 85.9 cm³/mol. The molecule has 0 bridgehead atoms. The van der Waals surface area contributed by atoms with Gasteiger partial charge < -0.3 is 4.90 Å². The number of nitrogens with zero attached hydrogens (tertiary/aromatic N) is 6. The highest BCUT2D eigenvalue weighted by Gasteiger charge is 2.35. The van der Waals surface area contributed by atoms with E-state index in [0.717, 1.165) is 10.9 Å². The molecule has 24 heavy (non-hydrogen) atoms. The van der Waals surface area contributed by atoms with Crippen LogP contribution in [0.1, 0.15) is 12.8 Å². The summed E-state index contributed by atoms with van der Waals surface area (Å²) in [6.07, 6.45) is 4.71. The summed E-state index contributed by atoms with van der Waals surface area (Å²) < 4.78 is 28.6. The largest absolute Gasteiger partial charge is 0.355 e. The van der Waals surface area contributed by atoms with Gasteiger partial charge in [-0.25, -0.2) is 18.7 Å². The van der Waals surface area contributed by atoms with E-state index in [9.17, 15) is 8.78 Å². The molecular formula is C16H16F2N6. The number of alkyl halides is 2. The van der Waals surface area contributed by atoms with Crippen LogP contribution in [0.4, 0.5) is 14.6 Å². The first-order chi connectivity index (χ1) is 11.5. The molecule has 3 aromatic rings. The summed E-state index contributed by atoms with van der Waals surface area (Å²) in [4.78, 5) is 15.1. The summed E-state index contributed by atoms with van der Waals surface area (Å²) in [5.74, 6) is -1.39. The van der Waals surface area contributed by atoms with Crippen molar-refractivity contribution in [2.24, 2.45) is 7.05 Å². The Morgan fingerprint density at radius 2 is 1.79 bits per heavy atom. The van der Waals surface area contributed by atoms with Crippen LogP contribution in [-0.2, 0) is 7.05 Å². The maximum absolute atomic E-state index is 13.5. The maximum Gasteiger partial charge on any atom is 0.251 e. The second-order valence-corrected chi connectivity index (χ2v) is 5.96. The lowest BCUT2D eigenvalue weighted by Crippen LogP contribution is -2.39. The minimum atomic E-state index is -2.59. The Labute approximate surface area is 137 Å². The number of piperidine rings is 1. The normalized spacial score (nSPS) is 17.4. The minimum absolute atomic E-state index is 0.163. The second-order valence-electron chi connectivity index (χ2n) is 5.96. The number of aryl methyl sites for hydroxylation is 1. The monoisotopic (exact) mass is 330 g/mol. The van der Waals surface area contributed by atoms with Crippen LogP contribution in [0.15, 0.2) is 30.7 Å². The van der Waals surface area contributed by atoms with Gasteiger partial charge in [-0.05, 0) is 12.1 Å². The van der Waals surface area contributed by atoms with E-state index in [4.69, 9.17) is 0 Å². The zero-order valence-corrected chi connectivity index (χ0v) is 13.2. The van der Waals surface area contributed by atoms with E-state index in [0.29, 0.717) is 17.3 Å². The zero-order valence-electron chi connectivity index (χ0n) is 13.2. The number of rotatable bonds is 2. The van der Waals surface area contributed by atoms with Gasteiger partial charge in [0.1, 0.15) is 5.82 Å². The fourth-order valence-corrected chi connectivity index (χ4v) is 2.92. The Kier molecular flexibility index (Phi) is 3.40. The highest BCUT2D eigenvalue weighted by atomic mass is 19.3. The highest BCUT2D eigenvalue weighted by Crippen LogP contribution is 2.33. The molecule has 0 atom stereocenters. The third kappa shape index (κ3) is 2.57. The van der Waals surface area contributed by atoms with Gasteiger partial charge in [0.05, 0.1) is 11.6 Å². The predicted octanol–water partition coefficient (Wildman–Crippen LogP) is 2.66. The number of hydrogen-bond acceptors (Lipinski definition) is 5. The molecule has 8 heteroatoms. The van der Waals surface area contributed by atoms with Gasteiger partial charge in [-0.1, -0.05) is 0 Å². The van der Waals surface area contributed by atoms with Crippen molar-refractivity contribution in [2.45, 2.75) is 18.8 Å². The lowest BCUT2D eigenvalue weighted by atomic mass is 10.1. The summed E-state index contributed by atoms with van der Waals surface area (Å²) in [5.41, 5.74) is 1.51. The van der Waals surface area contributed by atoms with Crippen molar-refractivity contribution >= 4 is 16.9 Å². The van der Waals surface area contributed by atoms with Gasteiger partial charge in [-0.15, -0.1) is 0 Å². The molecule has 0 aromatic carbocycles. The van der Waals surface area contributed by atoms with Gasteiger partial charge in [0.2, 0.25) is 0 Å². The Bertz CT molecular complexity index is 867. The number of anilines is 1. The molecule has 3 aromatic heterocycles. The fourth-order valence-electron chi connectivity index (χ4n) is 2.92. The number of aromatic nitrogens is 5. The molecule has 124 valence electrons. The van der Waals surface area contributed by atoms with Crippen LogP contribution < -0.4 is 4.90 Å². The molecular weight excluding hydrogens is 314 g/mol. The Morgan fingerprint density at radius 3 is 2.50 bits per heavy atom. The average molecular weight is 330 g/mol. The van der Waals surface area contributed by atoms with Crippen molar-refractivity contribution in [3.8, 4) is 11.4 Å². The fraction of sp³-hybridized carbons (Fsp3) is 0.375. The average Bonchev–Trinajstić information content (AvgIpc) is 2.96. The molecule has 1 aliphatic heterocycles. The van der Waals surface area contributed by atoms with E-state index >= 15 is 0 Å². The molecule has 0 N–H and O–H groups in total. The molecule has 6 nitrogen and oxygen atoms in total. The summed E-state index contributed by atoms with van der Waals surface area (Å²) in [7, 11) is 1.81. The SMILES string of the molecule is Cn1ncc2c(N3CCC(F)(F)CC3)nc(-c3ccncc3)nc21. The zero-order chi connectivity index (χ0) is 16.7. The van der Waals surface area contributed by atoms with Gasteiger partial charge in [-0.2, -0.15) is 5.10 Å². The number of pyridine rings is 1. The third-order valence-corrected chi connectivity index (χ3v) is 4.30. The van der Waals surface area contributed by atoms with Gasteiger partial charge in [-0.3, -0.25) is 9.67 Å². The third-order valence-electron chi connectivity index (χ3n) is 4.30. The number of halogens is 2. The quantitative estimate of drug-likeness (QED) is 0.723. The summed E-state index contributed by atoms with van der Waals surface area (Å²) in [5, 5.41) is 5.02. The van der Waals surface area contributed by atoms with Gasteiger partial charge in [0.25, 0.3) is 5.92 Å². The Hall–Kier alpha value is -2.64. The molecule has 0 aliphatic carbocycles. The van der Waals surface area contributed by atoms with Crippen molar-refractivity contribution < 1.29 is 8.78 Å². The number of fused-ring (bicyclic) bond motifs is 1. The first-order valence-electron chi connectivity index (χ1n) is 7.76. The highest BCUT2D eigenvalue weighted by molar-refractivity contribution is 5.88. The molecule has 1 saturated heterocycles. The number of hydrogen-bond donors (Lipinski definition) is 0. The van der Waals surface area contributed by atoms with Crippen LogP contribution in [0.2, 0.25) is 0 Å². The van der Waals surface area contributed by atoms with E-state index in [1.165, 1.54) is 0 Å². The van der Waals surface area contributed by atoms with Crippen molar-refractivity contribution in [3.05, 3.63) is 30.7 Å². The molecule has 1 fully saturated rings. The lowest BCUT2D eigenvalue weighted by Gasteiger charge is -2.32. The van der Waals surface area contributed by atoms with Gasteiger partial charge >= 0.3 is 0 Å². The molecule has 0 radical (unpaired) electrons. The first kappa shape index (κ1) is 14.9. The van der Waals surface area contributed by atoms with Gasteiger partial charge in [0.15, 0.2) is 11.5 Å². The molecule has 0 saturated carbocycles. The topological polar surface area (TPSA) is 59.7 Å². The van der Waals surface area contributed by atoms with Gasteiger partial charge in [0, 0.05) is 50.9 Å². The van der Waals surface area contributed by atoms with Crippen LogP contribution in [0, 0.1) is 0 Å². The van der Waals surface area contributed by atoms with E-state index in [-0.39, 0.29) is 25.9 Å². The molecule has 4 rings (SSSR count). The maximum atomic E-state index is 13.5. The molecule has 0 unspecified atom stereocenters. The van der Waals surface area contributed by atoms with E-state index in [2.05, 4.69) is 20.1 Å². The molecule has 1 aliphatic rings. The summed E-state index contributed by atoms with van der Waals surface area (Å²) in [6.45, 7) is 0.535. The standard InChI is InChI=1S/C16H16F2N6/c1-23-14-12(10-20-23)15(24-8-4-16(17,18)5-9-24)22-13(21-14)11-2-6-19-7-3-11/h2-3,6-7,10H,4-5,8-9H2,1H3. The first-order valence-corrected chi connectivity index (χ1v) is 7.76. The van der Waals surface area contributed by atoms with Crippen LogP contribution >= 0.6 is 0 Å². The molecule has 4 heterocycles. The lowest BCUT2D eigenvalue weighted by molar-refractivity contribution is -0.0221. The minimum Gasteiger partial charge on any atom is -0.355 e. The molecule has 0 spiro atoms. The van der Waals surface area contributed by atoms with E-state index in [1.54, 1.807) is 30.3 Å². The second kappa shape index (κ2) is 5.47. The van der Waals surface area contributed by atoms with Crippen LogP contribution in [0.5, 0.6) is 0 Å². The van der Waals surface area contributed by atoms with Crippen molar-refractivity contribution in [2.75, 3.05) is 18.0 Å². The Balaban J connectivity index is 1.82. The van der Waals surface area contributed by atoms with Crippen LogP contribution in [0.25, 0.3) is 22.4 Å². The van der Waals surface area contributed by atoms with E-state index in [1.807, 2.05) is 17.0 Å². The van der Waals surface area contributed by atoms with Crippen molar-refractivity contribution in [3.63, 3.8) is 0 Å².